The fraction of sp³-hybridized carbons (Fsp3) is 0.391. The molecule has 0 bridgehead atoms. The third kappa shape index (κ3) is 6.64. The minimum absolute atomic E-state index is 0.130. The summed E-state index contributed by atoms with van der Waals surface area (Å²) < 4.78 is 5.20. The Bertz CT molecular complexity index is 856. The van der Waals surface area contributed by atoms with E-state index in [1.165, 1.54) is 0 Å². The second-order valence-corrected chi connectivity index (χ2v) is 7.82. The standard InChI is InChI=1S/C23H28Cl2N2O3/c1-4-12-26-23(29)21(5-2)27(15-16-6-9-18(30-3)10-7-16)22(28)14-17-8-11-19(24)20(25)13-17/h6-11,13,21H,4-5,12,14-15H2,1-3H3,(H,26,29)/t21-/m1/s1. The highest BCUT2D eigenvalue weighted by Gasteiger charge is 2.28. The highest BCUT2D eigenvalue weighted by molar-refractivity contribution is 6.42. The Labute approximate surface area is 188 Å². The van der Waals surface area contributed by atoms with Crippen molar-refractivity contribution in [3.05, 3.63) is 63.6 Å². The quantitative estimate of drug-likeness (QED) is 0.560. The Balaban J connectivity index is 2.28. The second kappa shape index (κ2) is 11.8. The van der Waals surface area contributed by atoms with E-state index in [1.54, 1.807) is 30.2 Å². The van der Waals surface area contributed by atoms with Gasteiger partial charge < -0.3 is 15.0 Å². The maximum atomic E-state index is 13.3. The van der Waals surface area contributed by atoms with Gasteiger partial charge >= 0.3 is 0 Å². The average Bonchev–Trinajstić information content (AvgIpc) is 2.75. The first-order valence-corrected chi connectivity index (χ1v) is 10.8. The molecule has 0 aromatic heterocycles. The molecule has 1 atom stereocenters. The van der Waals surface area contributed by atoms with E-state index >= 15 is 0 Å². The number of amides is 2. The summed E-state index contributed by atoms with van der Waals surface area (Å²) in [6.07, 6.45) is 1.47. The number of benzene rings is 2. The van der Waals surface area contributed by atoms with Gasteiger partial charge in [0.1, 0.15) is 11.8 Å². The van der Waals surface area contributed by atoms with Crippen molar-refractivity contribution in [3.63, 3.8) is 0 Å². The summed E-state index contributed by atoms with van der Waals surface area (Å²) in [7, 11) is 1.60. The van der Waals surface area contributed by atoms with Gasteiger partial charge in [0.15, 0.2) is 0 Å². The predicted molar refractivity (Wildman–Crippen MR) is 121 cm³/mol. The van der Waals surface area contributed by atoms with Gasteiger partial charge in [-0.15, -0.1) is 0 Å². The van der Waals surface area contributed by atoms with Gasteiger partial charge in [0.05, 0.1) is 23.6 Å². The van der Waals surface area contributed by atoms with E-state index < -0.39 is 6.04 Å². The molecule has 0 radical (unpaired) electrons. The SMILES string of the molecule is CCCNC(=O)[C@@H](CC)N(Cc1ccc(OC)cc1)C(=O)Cc1ccc(Cl)c(Cl)c1. The van der Waals surface area contributed by atoms with Crippen LogP contribution >= 0.6 is 23.2 Å². The minimum Gasteiger partial charge on any atom is -0.497 e. The number of carbonyl (C=O) groups is 2. The van der Waals surface area contributed by atoms with E-state index in [4.69, 9.17) is 27.9 Å². The first kappa shape index (κ1) is 24.0. The Hall–Kier alpha value is -2.24. The third-order valence-corrected chi connectivity index (χ3v) is 5.53. The molecular formula is C23H28Cl2N2O3. The van der Waals surface area contributed by atoms with Gasteiger partial charge in [-0.25, -0.2) is 0 Å². The molecular weight excluding hydrogens is 423 g/mol. The van der Waals surface area contributed by atoms with Crippen LogP contribution in [0.15, 0.2) is 42.5 Å². The second-order valence-electron chi connectivity index (χ2n) is 7.01. The van der Waals surface area contributed by atoms with Gasteiger partial charge in [-0.3, -0.25) is 9.59 Å². The molecule has 2 aromatic carbocycles. The van der Waals surface area contributed by atoms with E-state index in [0.29, 0.717) is 29.6 Å². The lowest BCUT2D eigenvalue weighted by atomic mass is 10.1. The minimum atomic E-state index is -0.561. The maximum Gasteiger partial charge on any atom is 0.242 e. The van der Waals surface area contributed by atoms with Gasteiger partial charge in [0.2, 0.25) is 11.8 Å². The van der Waals surface area contributed by atoms with Crippen LogP contribution < -0.4 is 10.1 Å². The van der Waals surface area contributed by atoms with Gasteiger partial charge in [0.25, 0.3) is 0 Å². The normalized spacial score (nSPS) is 11.6. The van der Waals surface area contributed by atoms with Crippen molar-refractivity contribution in [1.82, 2.24) is 10.2 Å². The molecule has 0 spiro atoms. The first-order chi connectivity index (χ1) is 14.4. The first-order valence-electron chi connectivity index (χ1n) is 10.0. The third-order valence-electron chi connectivity index (χ3n) is 4.79. The van der Waals surface area contributed by atoms with Crippen LogP contribution in [-0.4, -0.2) is 36.4 Å². The molecule has 2 rings (SSSR count). The summed E-state index contributed by atoms with van der Waals surface area (Å²) >= 11 is 12.1. The zero-order valence-corrected chi connectivity index (χ0v) is 19.1. The predicted octanol–water partition coefficient (Wildman–Crippen LogP) is 4.88. The molecule has 0 unspecified atom stereocenters. The molecule has 1 N–H and O–H groups in total. The van der Waals surface area contributed by atoms with E-state index in [2.05, 4.69) is 5.32 Å². The van der Waals surface area contributed by atoms with Crippen LogP contribution in [0.1, 0.15) is 37.8 Å². The van der Waals surface area contributed by atoms with Crippen molar-refractivity contribution in [2.24, 2.45) is 0 Å². The largest absolute Gasteiger partial charge is 0.497 e. The molecule has 0 fully saturated rings. The van der Waals surface area contributed by atoms with Crippen LogP contribution in [0.5, 0.6) is 5.75 Å². The number of halogens is 2. The summed E-state index contributed by atoms with van der Waals surface area (Å²) in [5.41, 5.74) is 1.66. The van der Waals surface area contributed by atoms with E-state index in [9.17, 15) is 9.59 Å². The van der Waals surface area contributed by atoms with Crippen LogP contribution in [-0.2, 0) is 22.6 Å². The molecule has 30 heavy (non-hydrogen) atoms. The van der Waals surface area contributed by atoms with Gasteiger partial charge in [0, 0.05) is 13.1 Å². The van der Waals surface area contributed by atoms with Crippen molar-refractivity contribution in [3.8, 4) is 5.75 Å². The lowest BCUT2D eigenvalue weighted by Gasteiger charge is -2.31. The summed E-state index contributed by atoms with van der Waals surface area (Å²) in [6, 6.07) is 12.1. The molecule has 0 saturated heterocycles. The summed E-state index contributed by atoms with van der Waals surface area (Å²) in [6.45, 7) is 4.80. The van der Waals surface area contributed by atoms with Crippen molar-refractivity contribution in [2.45, 2.75) is 45.7 Å². The van der Waals surface area contributed by atoms with Crippen molar-refractivity contribution >= 4 is 35.0 Å². The molecule has 2 amide bonds. The van der Waals surface area contributed by atoms with Crippen LogP contribution in [0.3, 0.4) is 0 Å². The van der Waals surface area contributed by atoms with E-state index in [0.717, 1.165) is 23.3 Å². The van der Waals surface area contributed by atoms with E-state index in [1.807, 2.05) is 38.1 Å². The summed E-state index contributed by atoms with van der Waals surface area (Å²) in [5.74, 6) is 0.443. The van der Waals surface area contributed by atoms with Gasteiger partial charge in [-0.2, -0.15) is 0 Å². The van der Waals surface area contributed by atoms with Crippen LogP contribution in [0.4, 0.5) is 0 Å². The topological polar surface area (TPSA) is 58.6 Å². The average molecular weight is 451 g/mol. The number of hydrogen-bond donors (Lipinski definition) is 1. The summed E-state index contributed by atoms with van der Waals surface area (Å²) in [5, 5.41) is 3.75. The zero-order chi connectivity index (χ0) is 22.1. The molecule has 0 saturated carbocycles. The fourth-order valence-corrected chi connectivity index (χ4v) is 3.46. The summed E-state index contributed by atoms with van der Waals surface area (Å²) in [4.78, 5) is 27.7. The van der Waals surface area contributed by atoms with Gasteiger partial charge in [-0.05, 0) is 48.2 Å². The number of carbonyl (C=O) groups excluding carboxylic acids is 2. The van der Waals surface area contributed by atoms with Crippen molar-refractivity contribution in [1.29, 1.82) is 0 Å². The Morgan fingerprint density at radius 3 is 2.27 bits per heavy atom. The lowest BCUT2D eigenvalue weighted by molar-refractivity contribution is -0.140. The monoisotopic (exact) mass is 450 g/mol. The van der Waals surface area contributed by atoms with Crippen LogP contribution in [0.2, 0.25) is 10.0 Å². The number of methoxy groups -OCH3 is 1. The molecule has 2 aromatic rings. The zero-order valence-electron chi connectivity index (χ0n) is 17.6. The number of hydrogen-bond acceptors (Lipinski definition) is 3. The Morgan fingerprint density at radius 1 is 1.03 bits per heavy atom. The fourth-order valence-electron chi connectivity index (χ4n) is 3.14. The van der Waals surface area contributed by atoms with Gasteiger partial charge in [-0.1, -0.05) is 55.2 Å². The number of nitrogens with one attached hydrogen (secondary N) is 1. The number of ether oxygens (including phenoxy) is 1. The maximum absolute atomic E-state index is 13.3. The highest BCUT2D eigenvalue weighted by atomic mass is 35.5. The van der Waals surface area contributed by atoms with Crippen LogP contribution in [0, 0.1) is 0 Å². The highest BCUT2D eigenvalue weighted by Crippen LogP contribution is 2.24. The number of rotatable bonds is 10. The molecule has 0 aliphatic rings. The molecule has 162 valence electrons. The van der Waals surface area contributed by atoms with Crippen molar-refractivity contribution in [2.75, 3.05) is 13.7 Å². The molecule has 0 heterocycles. The lowest BCUT2D eigenvalue weighted by Crippen LogP contribution is -2.49. The van der Waals surface area contributed by atoms with Crippen LogP contribution in [0.25, 0.3) is 0 Å². The van der Waals surface area contributed by atoms with Crippen molar-refractivity contribution < 1.29 is 14.3 Å². The molecule has 0 aliphatic heterocycles. The number of nitrogens with zero attached hydrogens (tertiary/aromatic N) is 1. The Morgan fingerprint density at radius 2 is 1.70 bits per heavy atom. The molecule has 5 nitrogen and oxygen atoms in total. The van der Waals surface area contributed by atoms with E-state index in [-0.39, 0.29) is 18.2 Å². The Kier molecular flexibility index (Phi) is 9.47. The molecule has 7 heteroatoms. The smallest absolute Gasteiger partial charge is 0.242 e. The molecule has 0 aliphatic carbocycles.